The van der Waals surface area contributed by atoms with Gasteiger partial charge in [0.25, 0.3) is 0 Å². The highest BCUT2D eigenvalue weighted by molar-refractivity contribution is 5.72. The van der Waals surface area contributed by atoms with Crippen LogP contribution < -0.4 is 0 Å². The molecule has 0 radical (unpaired) electrons. The number of halogens is 2. The van der Waals surface area contributed by atoms with E-state index in [2.05, 4.69) is 4.74 Å². The molecule has 1 rings (SSSR count). The third kappa shape index (κ3) is 3.01. The molecule has 0 bridgehead atoms. The molecule has 0 aliphatic heterocycles. The summed E-state index contributed by atoms with van der Waals surface area (Å²) in [7, 11) is 0. The predicted molar refractivity (Wildman–Crippen MR) is 51.4 cm³/mol. The minimum Gasteiger partial charge on any atom is -0.466 e. The van der Waals surface area contributed by atoms with Crippen molar-refractivity contribution >= 4 is 5.97 Å². The zero-order valence-corrected chi connectivity index (χ0v) is 8.64. The topological polar surface area (TPSA) is 26.3 Å². The monoisotopic (exact) mass is 214 g/mol. The van der Waals surface area contributed by atoms with Crippen molar-refractivity contribution in [2.75, 3.05) is 6.61 Å². The van der Waals surface area contributed by atoms with Gasteiger partial charge in [-0.15, -0.1) is 0 Å². The fourth-order valence-corrected chi connectivity index (χ4v) is 1.29. The van der Waals surface area contributed by atoms with Crippen LogP contribution in [0.5, 0.6) is 0 Å². The van der Waals surface area contributed by atoms with Crippen LogP contribution in [0.2, 0.25) is 0 Å². The van der Waals surface area contributed by atoms with Crippen molar-refractivity contribution in [2.24, 2.45) is 0 Å². The van der Waals surface area contributed by atoms with Gasteiger partial charge in [-0.05, 0) is 25.5 Å². The van der Waals surface area contributed by atoms with Crippen LogP contribution in [0.25, 0.3) is 0 Å². The van der Waals surface area contributed by atoms with Gasteiger partial charge < -0.3 is 4.74 Å². The summed E-state index contributed by atoms with van der Waals surface area (Å²) < 4.78 is 30.8. The molecule has 15 heavy (non-hydrogen) atoms. The van der Waals surface area contributed by atoms with Gasteiger partial charge in [0.2, 0.25) is 0 Å². The standard InChI is InChI=1S/C11H12F2O2/c1-3-15-10(14)6-8-4-7(2)5-9(12)11(8)13/h4-5H,3,6H2,1-2H3. The van der Waals surface area contributed by atoms with Gasteiger partial charge in [0, 0.05) is 5.56 Å². The fraction of sp³-hybridized carbons (Fsp3) is 0.364. The number of hydrogen-bond donors (Lipinski definition) is 0. The number of rotatable bonds is 3. The van der Waals surface area contributed by atoms with Crippen LogP contribution in [0.3, 0.4) is 0 Å². The minimum atomic E-state index is -0.978. The molecule has 0 atom stereocenters. The van der Waals surface area contributed by atoms with Crippen LogP contribution in [-0.4, -0.2) is 12.6 Å². The predicted octanol–water partition coefficient (Wildman–Crippen LogP) is 2.38. The van der Waals surface area contributed by atoms with Gasteiger partial charge in [-0.25, -0.2) is 8.78 Å². The molecule has 4 heteroatoms. The van der Waals surface area contributed by atoms with Crippen molar-refractivity contribution in [3.05, 3.63) is 34.9 Å². The first-order valence-corrected chi connectivity index (χ1v) is 4.64. The maximum absolute atomic E-state index is 13.2. The first kappa shape index (κ1) is 11.6. The normalized spacial score (nSPS) is 10.1. The average molecular weight is 214 g/mol. The molecule has 1 aromatic carbocycles. The van der Waals surface area contributed by atoms with Crippen molar-refractivity contribution in [1.82, 2.24) is 0 Å². The smallest absolute Gasteiger partial charge is 0.310 e. The molecule has 0 saturated carbocycles. The lowest BCUT2D eigenvalue weighted by Crippen LogP contribution is -2.09. The molecular weight excluding hydrogens is 202 g/mol. The van der Waals surface area contributed by atoms with E-state index in [1.165, 1.54) is 6.07 Å². The van der Waals surface area contributed by atoms with Gasteiger partial charge in [0.15, 0.2) is 11.6 Å². The van der Waals surface area contributed by atoms with E-state index in [1.54, 1.807) is 13.8 Å². The Morgan fingerprint density at radius 3 is 2.67 bits per heavy atom. The van der Waals surface area contributed by atoms with E-state index in [0.717, 1.165) is 6.07 Å². The quantitative estimate of drug-likeness (QED) is 0.722. The number of aryl methyl sites for hydroxylation is 1. The van der Waals surface area contributed by atoms with Crippen LogP contribution in [0.4, 0.5) is 8.78 Å². The Hall–Kier alpha value is -1.45. The highest BCUT2D eigenvalue weighted by Gasteiger charge is 2.13. The highest BCUT2D eigenvalue weighted by atomic mass is 19.2. The van der Waals surface area contributed by atoms with Crippen LogP contribution in [0.15, 0.2) is 12.1 Å². The highest BCUT2D eigenvalue weighted by Crippen LogP contribution is 2.15. The molecule has 0 saturated heterocycles. The van der Waals surface area contributed by atoms with Gasteiger partial charge in [-0.2, -0.15) is 0 Å². The van der Waals surface area contributed by atoms with Crippen LogP contribution >= 0.6 is 0 Å². The second-order valence-corrected chi connectivity index (χ2v) is 3.20. The Kier molecular flexibility index (Phi) is 3.77. The second kappa shape index (κ2) is 4.87. The minimum absolute atomic E-state index is 0.0333. The zero-order chi connectivity index (χ0) is 11.4. The lowest BCUT2D eigenvalue weighted by Gasteiger charge is -2.05. The summed E-state index contributed by atoms with van der Waals surface area (Å²) in [6.45, 7) is 3.52. The molecule has 0 aliphatic rings. The molecule has 2 nitrogen and oxygen atoms in total. The van der Waals surface area contributed by atoms with E-state index in [0.29, 0.717) is 5.56 Å². The number of carbonyl (C=O) groups is 1. The molecule has 0 aliphatic carbocycles. The van der Waals surface area contributed by atoms with E-state index >= 15 is 0 Å². The second-order valence-electron chi connectivity index (χ2n) is 3.20. The molecule has 1 aromatic rings. The molecule has 0 unspecified atom stereocenters. The van der Waals surface area contributed by atoms with Crippen molar-refractivity contribution in [2.45, 2.75) is 20.3 Å². The Labute approximate surface area is 86.9 Å². The number of ether oxygens (including phenoxy) is 1. The fourth-order valence-electron chi connectivity index (χ4n) is 1.29. The summed E-state index contributed by atoms with van der Waals surface area (Å²) >= 11 is 0. The summed E-state index contributed by atoms with van der Waals surface area (Å²) in [4.78, 5) is 11.1. The summed E-state index contributed by atoms with van der Waals surface area (Å²) in [6, 6.07) is 2.53. The van der Waals surface area contributed by atoms with Gasteiger partial charge in [0.1, 0.15) is 0 Å². The van der Waals surface area contributed by atoms with Crippen molar-refractivity contribution < 1.29 is 18.3 Å². The number of esters is 1. The molecule has 0 N–H and O–H groups in total. The Morgan fingerprint density at radius 1 is 1.40 bits per heavy atom. The van der Waals surface area contributed by atoms with Gasteiger partial charge in [0.05, 0.1) is 13.0 Å². The number of benzene rings is 1. The molecule has 0 heterocycles. The van der Waals surface area contributed by atoms with Gasteiger partial charge >= 0.3 is 5.97 Å². The first-order chi connectivity index (χ1) is 7.04. The van der Waals surface area contributed by atoms with E-state index in [4.69, 9.17) is 0 Å². The molecule has 82 valence electrons. The number of carbonyl (C=O) groups excluding carboxylic acids is 1. The molecule has 0 amide bonds. The van der Waals surface area contributed by atoms with Gasteiger partial charge in [-0.1, -0.05) is 6.07 Å². The first-order valence-electron chi connectivity index (χ1n) is 4.64. The summed E-state index contributed by atoms with van der Waals surface area (Å²) in [5, 5.41) is 0. The summed E-state index contributed by atoms with van der Waals surface area (Å²) in [5.74, 6) is -2.47. The van der Waals surface area contributed by atoms with E-state index in [-0.39, 0.29) is 18.6 Å². The zero-order valence-electron chi connectivity index (χ0n) is 8.64. The average Bonchev–Trinajstić information content (AvgIpc) is 2.13. The third-order valence-corrected chi connectivity index (χ3v) is 1.89. The summed E-state index contributed by atoms with van der Waals surface area (Å²) in [6.07, 6.45) is -0.238. The lowest BCUT2D eigenvalue weighted by atomic mass is 10.1. The van der Waals surface area contributed by atoms with E-state index in [1.807, 2.05) is 0 Å². The van der Waals surface area contributed by atoms with Gasteiger partial charge in [-0.3, -0.25) is 4.79 Å². The van der Waals surface area contributed by atoms with Crippen LogP contribution in [0.1, 0.15) is 18.1 Å². The molecule has 0 spiro atoms. The Morgan fingerprint density at radius 2 is 2.07 bits per heavy atom. The molecular formula is C11H12F2O2. The lowest BCUT2D eigenvalue weighted by molar-refractivity contribution is -0.142. The SMILES string of the molecule is CCOC(=O)Cc1cc(C)cc(F)c1F. The summed E-state index contributed by atoms with van der Waals surface area (Å²) in [5.41, 5.74) is 0.610. The Balaban J connectivity index is 2.89. The molecule has 0 fully saturated rings. The van der Waals surface area contributed by atoms with Crippen molar-refractivity contribution in [1.29, 1.82) is 0 Å². The third-order valence-electron chi connectivity index (χ3n) is 1.89. The van der Waals surface area contributed by atoms with E-state index in [9.17, 15) is 13.6 Å². The molecule has 0 aromatic heterocycles. The maximum Gasteiger partial charge on any atom is 0.310 e. The maximum atomic E-state index is 13.2. The van der Waals surface area contributed by atoms with Crippen LogP contribution in [-0.2, 0) is 16.0 Å². The van der Waals surface area contributed by atoms with Crippen molar-refractivity contribution in [3.63, 3.8) is 0 Å². The van der Waals surface area contributed by atoms with E-state index < -0.39 is 17.6 Å². The Bertz CT molecular complexity index is 375. The van der Waals surface area contributed by atoms with Crippen LogP contribution in [0, 0.1) is 18.6 Å². The largest absolute Gasteiger partial charge is 0.466 e. The van der Waals surface area contributed by atoms with Crippen molar-refractivity contribution in [3.8, 4) is 0 Å². The number of hydrogen-bond acceptors (Lipinski definition) is 2.